The second-order valence-electron chi connectivity index (χ2n) is 9.46. The summed E-state index contributed by atoms with van der Waals surface area (Å²) in [6.07, 6.45) is 1.91. The maximum absolute atomic E-state index is 14.7. The highest BCUT2D eigenvalue weighted by Crippen LogP contribution is 2.33. The van der Waals surface area contributed by atoms with E-state index >= 15 is 0 Å². The van der Waals surface area contributed by atoms with Gasteiger partial charge in [0.25, 0.3) is 5.91 Å². The van der Waals surface area contributed by atoms with Gasteiger partial charge in [0.2, 0.25) is 0 Å². The molecular formula is C27H27ClFN7O. The van der Waals surface area contributed by atoms with Gasteiger partial charge >= 0.3 is 0 Å². The van der Waals surface area contributed by atoms with E-state index in [1.54, 1.807) is 17.8 Å². The average Bonchev–Trinajstić information content (AvgIpc) is 3.39. The van der Waals surface area contributed by atoms with Gasteiger partial charge in [0.05, 0.1) is 16.8 Å². The van der Waals surface area contributed by atoms with E-state index in [1.807, 2.05) is 48.6 Å². The zero-order valence-electron chi connectivity index (χ0n) is 21.1. The fraction of sp³-hybridized carbons (Fsp3) is 0.333. The lowest BCUT2D eigenvalue weighted by atomic mass is 10.1. The van der Waals surface area contributed by atoms with Crippen LogP contribution < -0.4 is 5.32 Å². The first-order chi connectivity index (χ1) is 17.7. The van der Waals surface area contributed by atoms with Crippen molar-refractivity contribution in [3.8, 4) is 23.1 Å². The lowest BCUT2D eigenvalue weighted by molar-refractivity contribution is 0.0692. The Morgan fingerprint density at radius 1 is 1.27 bits per heavy atom. The highest BCUT2D eigenvalue weighted by Gasteiger charge is 2.29. The van der Waals surface area contributed by atoms with Crippen LogP contribution in [0.15, 0.2) is 30.3 Å². The van der Waals surface area contributed by atoms with Crippen LogP contribution in [0.5, 0.6) is 0 Å². The number of benzene rings is 2. The maximum Gasteiger partial charge on any atom is 0.274 e. The van der Waals surface area contributed by atoms with Gasteiger partial charge in [-0.15, -0.1) is 0 Å². The number of hydrogen-bond acceptors (Lipinski definition) is 5. The summed E-state index contributed by atoms with van der Waals surface area (Å²) in [5.41, 5.74) is 3.77. The second-order valence-corrected chi connectivity index (χ2v) is 9.82. The number of amides is 1. The monoisotopic (exact) mass is 519 g/mol. The van der Waals surface area contributed by atoms with Crippen molar-refractivity contribution in [3.63, 3.8) is 0 Å². The molecule has 8 nitrogen and oxygen atoms in total. The minimum Gasteiger partial charge on any atom is -0.336 e. The molecule has 1 atom stereocenters. The number of rotatable bonds is 4. The van der Waals surface area contributed by atoms with Crippen LogP contribution in [0, 0.1) is 31.0 Å². The smallest absolute Gasteiger partial charge is 0.274 e. The van der Waals surface area contributed by atoms with Crippen molar-refractivity contribution in [3.05, 3.63) is 63.8 Å². The predicted octanol–water partition coefficient (Wildman–Crippen LogP) is 4.53. The van der Waals surface area contributed by atoms with Crippen molar-refractivity contribution >= 4 is 28.4 Å². The van der Waals surface area contributed by atoms with Crippen LogP contribution in [-0.4, -0.2) is 56.3 Å². The Morgan fingerprint density at radius 2 is 2.05 bits per heavy atom. The Labute approximate surface area is 219 Å². The summed E-state index contributed by atoms with van der Waals surface area (Å²) >= 11 is 6.54. The van der Waals surface area contributed by atoms with Crippen molar-refractivity contribution in [2.24, 2.45) is 7.05 Å². The number of halogens is 2. The molecule has 1 aliphatic rings. The SMILES string of the molecule is CN[C@H]1CCCN(C(=O)c2nc(-c3ccc(C#N)c(F)c3)n(-c3cc(C)c4nn(C)c(Cl)c4c3)c2C)C1. The van der Waals surface area contributed by atoms with Gasteiger partial charge < -0.3 is 10.2 Å². The van der Waals surface area contributed by atoms with Gasteiger partial charge in [0, 0.05) is 42.8 Å². The zero-order chi connectivity index (χ0) is 26.4. The number of fused-ring (bicyclic) bond motifs is 1. The predicted molar refractivity (Wildman–Crippen MR) is 140 cm³/mol. The minimum atomic E-state index is -0.644. The number of hydrogen-bond donors (Lipinski definition) is 1. The van der Waals surface area contributed by atoms with Crippen molar-refractivity contribution in [1.82, 2.24) is 29.5 Å². The molecule has 2 aromatic carbocycles. The van der Waals surface area contributed by atoms with E-state index in [1.165, 1.54) is 12.1 Å². The second kappa shape index (κ2) is 9.61. The van der Waals surface area contributed by atoms with Crippen molar-refractivity contribution < 1.29 is 9.18 Å². The molecule has 4 aromatic rings. The molecule has 10 heteroatoms. The number of aromatic nitrogens is 4. The maximum atomic E-state index is 14.7. The highest BCUT2D eigenvalue weighted by molar-refractivity contribution is 6.34. The number of likely N-dealkylation sites (N-methyl/N-ethyl adjacent to an activating group) is 1. The standard InChI is InChI=1S/C27H27ClFN7O/c1-15-10-20(12-21-23(15)33-34(4)25(21)28)36-16(2)24(27(37)35-9-5-6-19(14-35)31-3)32-26(36)17-7-8-18(13-30)22(29)11-17/h7-8,10-12,19,31H,5-6,9,14H2,1-4H3/t19-/m0/s1. The minimum absolute atomic E-state index is 0.0549. The molecule has 3 heterocycles. The molecule has 0 saturated carbocycles. The Morgan fingerprint density at radius 3 is 2.76 bits per heavy atom. The molecule has 0 radical (unpaired) electrons. The van der Waals surface area contributed by atoms with E-state index in [0.717, 1.165) is 35.0 Å². The third-order valence-electron chi connectivity index (χ3n) is 7.07. The van der Waals surface area contributed by atoms with E-state index in [4.69, 9.17) is 16.6 Å². The first kappa shape index (κ1) is 24.9. The van der Waals surface area contributed by atoms with Crippen LogP contribution in [0.1, 0.15) is 40.2 Å². The van der Waals surface area contributed by atoms with Gasteiger partial charge in [-0.3, -0.25) is 14.0 Å². The number of imidazole rings is 1. The van der Waals surface area contributed by atoms with Gasteiger partial charge in [-0.05, 0) is 69.6 Å². The van der Waals surface area contributed by atoms with E-state index < -0.39 is 5.82 Å². The molecule has 1 N–H and O–H groups in total. The van der Waals surface area contributed by atoms with Crippen LogP contribution in [0.2, 0.25) is 5.15 Å². The third kappa shape index (κ3) is 4.26. The van der Waals surface area contributed by atoms with Gasteiger partial charge in [-0.1, -0.05) is 11.6 Å². The van der Waals surface area contributed by atoms with Crippen LogP contribution >= 0.6 is 11.6 Å². The average molecular weight is 520 g/mol. The first-order valence-corrected chi connectivity index (χ1v) is 12.5. The topological polar surface area (TPSA) is 91.8 Å². The molecule has 0 unspecified atom stereocenters. The van der Waals surface area contributed by atoms with Crippen LogP contribution in [0.4, 0.5) is 4.39 Å². The van der Waals surface area contributed by atoms with Crippen LogP contribution in [0.3, 0.4) is 0 Å². The fourth-order valence-electron chi connectivity index (χ4n) is 5.05. The summed E-state index contributed by atoms with van der Waals surface area (Å²) in [5, 5.41) is 18.2. The molecule has 190 valence electrons. The molecule has 2 aromatic heterocycles. The number of carbonyl (C=O) groups excluding carboxylic acids is 1. The summed E-state index contributed by atoms with van der Waals surface area (Å²) in [7, 11) is 3.68. The van der Waals surface area contributed by atoms with Gasteiger partial charge in [-0.25, -0.2) is 9.37 Å². The molecule has 0 bridgehead atoms. The summed E-state index contributed by atoms with van der Waals surface area (Å²) in [5.74, 6) is -0.399. The normalized spacial score (nSPS) is 15.8. The molecule has 1 aliphatic heterocycles. The van der Waals surface area contributed by atoms with Crippen LogP contribution in [-0.2, 0) is 7.05 Å². The van der Waals surface area contributed by atoms with Gasteiger partial charge in [0.15, 0.2) is 0 Å². The number of nitrogens with zero attached hydrogens (tertiary/aromatic N) is 6. The molecule has 37 heavy (non-hydrogen) atoms. The number of aryl methyl sites for hydroxylation is 2. The number of likely N-dealkylation sites (tertiary alicyclic amines) is 1. The summed E-state index contributed by atoms with van der Waals surface area (Å²) in [4.78, 5) is 20.3. The first-order valence-electron chi connectivity index (χ1n) is 12.1. The quantitative estimate of drug-likeness (QED) is 0.427. The van der Waals surface area contributed by atoms with E-state index in [2.05, 4.69) is 10.4 Å². The van der Waals surface area contributed by atoms with Crippen molar-refractivity contribution in [1.29, 1.82) is 5.26 Å². The van der Waals surface area contributed by atoms with Gasteiger partial charge in [-0.2, -0.15) is 10.4 Å². The van der Waals surface area contributed by atoms with Crippen molar-refractivity contribution in [2.45, 2.75) is 32.7 Å². The number of nitrogens with one attached hydrogen (secondary N) is 1. The summed E-state index contributed by atoms with van der Waals surface area (Å²) in [6, 6.07) is 10.3. The van der Waals surface area contributed by atoms with Gasteiger partial charge in [0.1, 0.15) is 28.6 Å². The van der Waals surface area contributed by atoms with E-state index in [9.17, 15) is 14.4 Å². The molecular weight excluding hydrogens is 493 g/mol. The zero-order valence-corrected chi connectivity index (χ0v) is 21.9. The van der Waals surface area contributed by atoms with Crippen LogP contribution in [0.25, 0.3) is 28.0 Å². The molecule has 1 saturated heterocycles. The Hall–Kier alpha value is -3.74. The largest absolute Gasteiger partial charge is 0.336 e. The Balaban J connectivity index is 1.71. The molecule has 1 fully saturated rings. The lowest BCUT2D eigenvalue weighted by Gasteiger charge is -2.32. The molecule has 0 aliphatic carbocycles. The van der Waals surface area contributed by atoms with E-state index in [-0.39, 0.29) is 17.5 Å². The molecule has 0 spiro atoms. The summed E-state index contributed by atoms with van der Waals surface area (Å²) < 4.78 is 18.1. The molecule has 5 rings (SSSR count). The summed E-state index contributed by atoms with van der Waals surface area (Å²) in [6.45, 7) is 5.03. The Bertz CT molecular complexity index is 1580. The lowest BCUT2D eigenvalue weighted by Crippen LogP contribution is -2.47. The van der Waals surface area contributed by atoms with E-state index in [0.29, 0.717) is 41.0 Å². The van der Waals surface area contributed by atoms with Crippen molar-refractivity contribution in [2.75, 3.05) is 20.1 Å². The number of nitriles is 1. The highest BCUT2D eigenvalue weighted by atomic mass is 35.5. The third-order valence-corrected chi connectivity index (χ3v) is 7.52. The molecule has 1 amide bonds. The fourth-order valence-corrected chi connectivity index (χ4v) is 5.24. The Kier molecular flexibility index (Phi) is 6.48. The number of piperidine rings is 1. The number of carbonyl (C=O) groups is 1.